The lowest BCUT2D eigenvalue weighted by Crippen LogP contribution is -3.11. The highest BCUT2D eigenvalue weighted by Crippen LogP contribution is 2.31. The monoisotopic (exact) mass is 412 g/mol. The summed E-state index contributed by atoms with van der Waals surface area (Å²) in [6.45, 7) is 4.44. The summed E-state index contributed by atoms with van der Waals surface area (Å²) in [5, 5.41) is 0. The number of piperazine rings is 1. The Morgan fingerprint density at radius 1 is 1.13 bits per heavy atom. The summed E-state index contributed by atoms with van der Waals surface area (Å²) in [5.74, 6) is 2.64. The van der Waals surface area contributed by atoms with Crippen LogP contribution in [0.15, 0.2) is 36.7 Å². The lowest BCUT2D eigenvalue weighted by Gasteiger charge is -2.35. The van der Waals surface area contributed by atoms with Gasteiger partial charge in [-0.25, -0.2) is 9.97 Å². The molecule has 2 atom stereocenters. The van der Waals surface area contributed by atoms with Gasteiger partial charge in [0.05, 0.1) is 26.3 Å². The number of anilines is 1. The molecule has 0 aliphatic carbocycles. The van der Waals surface area contributed by atoms with Crippen molar-refractivity contribution in [3.05, 3.63) is 42.2 Å². The van der Waals surface area contributed by atoms with Crippen molar-refractivity contribution in [1.82, 2.24) is 14.9 Å². The number of hydrogen-bond donors (Lipinski definition) is 1. The zero-order valence-electron chi connectivity index (χ0n) is 17.7. The molecule has 4 rings (SSSR count). The van der Waals surface area contributed by atoms with Gasteiger partial charge in [-0.2, -0.15) is 0 Å². The van der Waals surface area contributed by atoms with Gasteiger partial charge >= 0.3 is 0 Å². The Bertz CT molecular complexity index is 855. The molecule has 2 aliphatic heterocycles. The van der Waals surface area contributed by atoms with Crippen molar-refractivity contribution in [2.45, 2.75) is 18.9 Å². The molecule has 1 aromatic carbocycles. The van der Waals surface area contributed by atoms with Crippen LogP contribution < -0.4 is 19.3 Å². The van der Waals surface area contributed by atoms with Crippen molar-refractivity contribution in [1.29, 1.82) is 0 Å². The highest BCUT2D eigenvalue weighted by atomic mass is 16.5. The molecule has 8 heteroatoms. The van der Waals surface area contributed by atoms with E-state index in [1.165, 1.54) is 4.90 Å². The third-order valence-corrected chi connectivity index (χ3v) is 6.14. The minimum Gasteiger partial charge on any atom is -0.497 e. The summed E-state index contributed by atoms with van der Waals surface area (Å²) in [5.41, 5.74) is 1.13. The Hall–Kier alpha value is -2.87. The number of nitrogens with zero attached hydrogens (tertiary/aromatic N) is 4. The quantitative estimate of drug-likeness (QED) is 0.748. The van der Waals surface area contributed by atoms with Crippen LogP contribution in [-0.4, -0.2) is 74.3 Å². The summed E-state index contributed by atoms with van der Waals surface area (Å²) in [6, 6.07) is 7.99. The minimum absolute atomic E-state index is 0.215. The topological polar surface area (TPSA) is 72.2 Å². The van der Waals surface area contributed by atoms with Gasteiger partial charge in [-0.3, -0.25) is 4.79 Å². The smallest absolute Gasteiger partial charge is 0.277 e. The van der Waals surface area contributed by atoms with Crippen LogP contribution >= 0.6 is 0 Å². The van der Waals surface area contributed by atoms with Gasteiger partial charge in [0.1, 0.15) is 17.5 Å². The molecule has 0 bridgehead atoms. The van der Waals surface area contributed by atoms with Gasteiger partial charge < -0.3 is 24.2 Å². The molecule has 1 amide bonds. The Kier molecular flexibility index (Phi) is 6.32. The fourth-order valence-electron chi connectivity index (χ4n) is 4.53. The maximum atomic E-state index is 13.1. The minimum atomic E-state index is 0.215. The third kappa shape index (κ3) is 4.33. The van der Waals surface area contributed by atoms with Gasteiger partial charge in [-0.1, -0.05) is 0 Å². The van der Waals surface area contributed by atoms with E-state index in [2.05, 4.69) is 20.9 Å². The van der Waals surface area contributed by atoms with Crippen LogP contribution in [0, 0.1) is 0 Å². The number of carbonyl (C=O) groups excluding carboxylic acids is 1. The average Bonchev–Trinajstić information content (AvgIpc) is 3.27. The van der Waals surface area contributed by atoms with E-state index in [0.717, 1.165) is 55.5 Å². The molecule has 1 N–H and O–H groups in total. The predicted octanol–water partition coefficient (Wildman–Crippen LogP) is 0.562. The third-order valence-electron chi connectivity index (χ3n) is 6.14. The van der Waals surface area contributed by atoms with Crippen LogP contribution in [0.4, 0.5) is 5.95 Å². The first-order valence-corrected chi connectivity index (χ1v) is 10.6. The van der Waals surface area contributed by atoms with Gasteiger partial charge in [0.2, 0.25) is 5.95 Å². The lowest BCUT2D eigenvalue weighted by atomic mass is 10.0. The molecule has 2 aliphatic rings. The van der Waals surface area contributed by atoms with Gasteiger partial charge in [0, 0.05) is 51.4 Å². The molecule has 2 aromatic rings. The molecule has 2 fully saturated rings. The van der Waals surface area contributed by atoms with Gasteiger partial charge in [-0.05, 0) is 24.3 Å². The van der Waals surface area contributed by atoms with E-state index >= 15 is 0 Å². The lowest BCUT2D eigenvalue weighted by molar-refractivity contribution is -0.910. The fraction of sp³-hybridized carbons (Fsp3) is 0.500. The summed E-state index contributed by atoms with van der Waals surface area (Å²) < 4.78 is 11.0. The van der Waals surface area contributed by atoms with E-state index in [9.17, 15) is 4.79 Å². The highest BCUT2D eigenvalue weighted by Gasteiger charge is 2.35. The maximum absolute atomic E-state index is 13.1. The second kappa shape index (κ2) is 9.30. The van der Waals surface area contributed by atoms with Gasteiger partial charge in [0.15, 0.2) is 6.54 Å². The second-order valence-corrected chi connectivity index (χ2v) is 7.80. The number of ether oxygens (including phenoxy) is 2. The van der Waals surface area contributed by atoms with E-state index in [1.54, 1.807) is 26.6 Å². The van der Waals surface area contributed by atoms with Crippen LogP contribution in [0.5, 0.6) is 11.5 Å². The van der Waals surface area contributed by atoms with Crippen molar-refractivity contribution in [2.75, 3.05) is 58.4 Å². The molecule has 0 saturated carbocycles. The number of quaternary nitrogens is 1. The number of benzene rings is 1. The summed E-state index contributed by atoms with van der Waals surface area (Å²) in [6.07, 6.45) is 5.66. The molecular weight excluding hydrogens is 382 g/mol. The Morgan fingerprint density at radius 3 is 2.60 bits per heavy atom. The van der Waals surface area contributed by atoms with Crippen molar-refractivity contribution < 1.29 is 19.2 Å². The first-order chi connectivity index (χ1) is 14.7. The number of hydrogen-bond acceptors (Lipinski definition) is 6. The molecular formula is C22H30N5O3+. The number of likely N-dealkylation sites (tertiary alicyclic amines) is 1. The molecule has 8 nitrogen and oxygen atoms in total. The SMILES string of the molecule is COc1ccc(OC)c([C@H]2CCC[NH+]2CC(=O)N2CCN(c3ncccn3)CC2)c1. The van der Waals surface area contributed by atoms with Crippen molar-refractivity contribution >= 4 is 11.9 Å². The average molecular weight is 413 g/mol. The molecule has 0 radical (unpaired) electrons. The zero-order chi connectivity index (χ0) is 20.9. The normalized spacial score (nSPS) is 21.5. The van der Waals surface area contributed by atoms with Crippen LogP contribution in [-0.2, 0) is 4.79 Å². The highest BCUT2D eigenvalue weighted by molar-refractivity contribution is 5.77. The zero-order valence-corrected chi connectivity index (χ0v) is 17.7. The summed E-state index contributed by atoms with van der Waals surface area (Å²) in [7, 11) is 3.37. The first-order valence-electron chi connectivity index (χ1n) is 10.6. The maximum Gasteiger partial charge on any atom is 0.277 e. The molecule has 1 unspecified atom stereocenters. The second-order valence-electron chi connectivity index (χ2n) is 7.80. The molecule has 1 aromatic heterocycles. The van der Waals surface area contributed by atoms with Crippen molar-refractivity contribution in [2.24, 2.45) is 0 Å². The number of carbonyl (C=O) groups is 1. The van der Waals surface area contributed by atoms with Crippen LogP contribution in [0.2, 0.25) is 0 Å². The van der Waals surface area contributed by atoms with Gasteiger partial charge in [-0.15, -0.1) is 0 Å². The number of nitrogens with one attached hydrogen (secondary N) is 1. The van der Waals surface area contributed by atoms with E-state index in [4.69, 9.17) is 9.47 Å². The standard InChI is InChI=1S/C22H29N5O3/c1-29-17-6-7-20(30-2)18(15-17)19-5-3-10-27(19)16-21(28)25-11-13-26(14-12-25)22-23-8-4-9-24-22/h4,6-9,15,19H,3,5,10-14,16H2,1-2H3/p+1/t19-/m1/s1. The van der Waals surface area contributed by atoms with E-state index < -0.39 is 0 Å². The van der Waals surface area contributed by atoms with Crippen molar-refractivity contribution in [3.8, 4) is 11.5 Å². The number of rotatable bonds is 6. The molecule has 160 valence electrons. The predicted molar refractivity (Wildman–Crippen MR) is 113 cm³/mol. The number of methoxy groups -OCH3 is 2. The van der Waals surface area contributed by atoms with Crippen LogP contribution in [0.25, 0.3) is 0 Å². The molecule has 2 saturated heterocycles. The Balaban J connectivity index is 1.39. The van der Waals surface area contributed by atoms with Crippen molar-refractivity contribution in [3.63, 3.8) is 0 Å². The molecule has 30 heavy (non-hydrogen) atoms. The summed E-state index contributed by atoms with van der Waals surface area (Å²) in [4.78, 5) is 27.1. The number of aromatic nitrogens is 2. The van der Waals surface area contributed by atoms with E-state index in [1.807, 2.05) is 23.1 Å². The van der Waals surface area contributed by atoms with Gasteiger partial charge in [0.25, 0.3) is 5.91 Å². The molecule has 3 heterocycles. The van der Waals surface area contributed by atoms with E-state index in [-0.39, 0.29) is 11.9 Å². The first kappa shape index (κ1) is 20.4. The van der Waals surface area contributed by atoms with E-state index in [0.29, 0.717) is 19.6 Å². The largest absolute Gasteiger partial charge is 0.497 e. The fourth-order valence-corrected chi connectivity index (χ4v) is 4.53. The van der Waals surface area contributed by atoms with Crippen LogP contribution in [0.1, 0.15) is 24.4 Å². The molecule has 0 spiro atoms. The summed E-state index contributed by atoms with van der Waals surface area (Å²) >= 11 is 0. The van der Waals surface area contributed by atoms with Crippen LogP contribution in [0.3, 0.4) is 0 Å². The Labute approximate surface area is 177 Å². The number of amides is 1. The Morgan fingerprint density at radius 2 is 1.90 bits per heavy atom.